The summed E-state index contributed by atoms with van der Waals surface area (Å²) < 4.78 is 19.7. The van der Waals surface area contributed by atoms with Crippen molar-refractivity contribution in [1.29, 1.82) is 0 Å². The molecule has 12 heteroatoms. The molecular weight excluding hydrogens is 601 g/mol. The van der Waals surface area contributed by atoms with E-state index in [4.69, 9.17) is 9.57 Å². The minimum absolute atomic E-state index is 0.112. The fraction of sp³-hybridized carbons (Fsp3) is 0.286. The Bertz CT molecular complexity index is 1730. The number of anilines is 5. The molecule has 2 saturated heterocycles. The first-order valence-electron chi connectivity index (χ1n) is 15.6. The molecule has 1 atom stereocenters. The molecule has 1 amide bonds. The minimum Gasteiger partial charge on any atom is -0.494 e. The number of nitrogens with zero attached hydrogens (tertiary/aromatic N) is 5. The standard InChI is InChI=1S/C35H38FN7O4/c1-3-35(45)40-28-20-29(32(46-2)21-31(28)42-13-11-41(12-14-42)15-16-44)39-33-22-34(38-23-37-33)43-30(10-17-47-43)26-8-4-6-24(18-26)25-7-5-9-27(36)19-25/h3-9,18-23,30,44H,1,10-17H2,2H3,(H,40,45)(H,37,38,39)/t30-/m1/s1. The molecule has 0 radical (unpaired) electrons. The van der Waals surface area contributed by atoms with E-state index in [0.29, 0.717) is 41.9 Å². The van der Waals surface area contributed by atoms with Gasteiger partial charge in [0, 0.05) is 51.3 Å². The Labute approximate surface area is 273 Å². The van der Waals surface area contributed by atoms with E-state index >= 15 is 0 Å². The minimum atomic E-state index is -0.329. The van der Waals surface area contributed by atoms with Gasteiger partial charge in [-0.05, 0) is 47.0 Å². The molecule has 0 unspecified atom stereocenters. The third-order valence-corrected chi connectivity index (χ3v) is 8.37. The van der Waals surface area contributed by atoms with E-state index < -0.39 is 0 Å². The number of rotatable bonds is 11. The van der Waals surface area contributed by atoms with Gasteiger partial charge >= 0.3 is 0 Å². The van der Waals surface area contributed by atoms with Crippen LogP contribution in [0.25, 0.3) is 11.1 Å². The molecule has 3 N–H and O–H groups in total. The molecule has 2 aliphatic heterocycles. The normalized spacial score (nSPS) is 16.6. The van der Waals surface area contributed by atoms with Gasteiger partial charge in [-0.25, -0.2) is 19.4 Å². The van der Waals surface area contributed by atoms with E-state index in [1.807, 2.05) is 36.4 Å². The van der Waals surface area contributed by atoms with Crippen LogP contribution >= 0.6 is 0 Å². The number of hydrogen-bond donors (Lipinski definition) is 3. The largest absolute Gasteiger partial charge is 0.494 e. The van der Waals surface area contributed by atoms with Crippen LogP contribution in [-0.4, -0.2) is 78.9 Å². The van der Waals surface area contributed by atoms with Crippen molar-refractivity contribution in [3.8, 4) is 16.9 Å². The highest BCUT2D eigenvalue weighted by Crippen LogP contribution is 2.40. The van der Waals surface area contributed by atoms with Crippen LogP contribution in [-0.2, 0) is 9.63 Å². The molecule has 0 aliphatic carbocycles. The van der Waals surface area contributed by atoms with Gasteiger partial charge in [0.1, 0.15) is 23.7 Å². The maximum Gasteiger partial charge on any atom is 0.247 e. The zero-order valence-electron chi connectivity index (χ0n) is 26.2. The summed E-state index contributed by atoms with van der Waals surface area (Å²) in [6, 6.07) is 20.0. The van der Waals surface area contributed by atoms with Crippen molar-refractivity contribution in [3.63, 3.8) is 0 Å². The Hall–Kier alpha value is -5.04. The highest BCUT2D eigenvalue weighted by atomic mass is 19.1. The van der Waals surface area contributed by atoms with E-state index in [9.17, 15) is 14.3 Å². The number of aromatic nitrogens is 2. The first kappa shape index (κ1) is 31.9. The van der Waals surface area contributed by atoms with Crippen molar-refractivity contribution in [2.45, 2.75) is 12.5 Å². The summed E-state index contributed by atoms with van der Waals surface area (Å²) >= 11 is 0. The second kappa shape index (κ2) is 14.6. The molecule has 0 bridgehead atoms. The second-order valence-electron chi connectivity index (χ2n) is 11.3. The number of nitrogens with one attached hydrogen (secondary N) is 2. The lowest BCUT2D eigenvalue weighted by molar-refractivity contribution is -0.111. The average molecular weight is 640 g/mol. The molecule has 2 fully saturated rings. The van der Waals surface area contributed by atoms with Crippen LogP contribution in [0.1, 0.15) is 18.0 Å². The van der Waals surface area contributed by atoms with Gasteiger partial charge in [-0.1, -0.05) is 36.9 Å². The van der Waals surface area contributed by atoms with Crippen molar-refractivity contribution in [2.24, 2.45) is 0 Å². The number of aliphatic hydroxyl groups is 1. The van der Waals surface area contributed by atoms with Crippen molar-refractivity contribution >= 4 is 34.6 Å². The summed E-state index contributed by atoms with van der Waals surface area (Å²) in [7, 11) is 1.59. The van der Waals surface area contributed by atoms with Gasteiger partial charge in [-0.15, -0.1) is 0 Å². The number of ether oxygens (including phenoxy) is 1. The molecule has 2 aliphatic rings. The summed E-state index contributed by atoms with van der Waals surface area (Å²) in [5.74, 6) is 1.03. The number of hydrogen-bond acceptors (Lipinski definition) is 10. The van der Waals surface area contributed by atoms with E-state index in [1.165, 1.54) is 24.5 Å². The molecule has 3 aromatic carbocycles. The topological polar surface area (TPSA) is 115 Å². The zero-order valence-corrected chi connectivity index (χ0v) is 26.2. The van der Waals surface area contributed by atoms with Crippen molar-refractivity contribution < 1.29 is 23.9 Å². The Balaban J connectivity index is 1.26. The SMILES string of the molecule is C=CC(=O)Nc1cc(Nc2cc(N3OCC[C@@H]3c3cccc(-c4cccc(F)c4)c3)ncn2)c(OC)cc1N1CCN(CCO)CC1. The highest BCUT2D eigenvalue weighted by molar-refractivity contribution is 6.02. The molecule has 6 rings (SSSR count). The predicted molar refractivity (Wildman–Crippen MR) is 180 cm³/mol. The Kier molecular flexibility index (Phi) is 9.91. The second-order valence-corrected chi connectivity index (χ2v) is 11.3. The number of halogens is 1. The lowest BCUT2D eigenvalue weighted by atomic mass is 9.98. The first-order chi connectivity index (χ1) is 22.9. The number of hydroxylamine groups is 1. The van der Waals surface area contributed by atoms with E-state index in [0.717, 1.165) is 55.0 Å². The van der Waals surface area contributed by atoms with E-state index in [-0.39, 0.29) is 24.4 Å². The molecule has 244 valence electrons. The van der Waals surface area contributed by atoms with Crippen LogP contribution in [0.4, 0.5) is 33.1 Å². The lowest BCUT2D eigenvalue weighted by Crippen LogP contribution is -2.47. The fourth-order valence-electron chi connectivity index (χ4n) is 6.00. The smallest absolute Gasteiger partial charge is 0.247 e. The molecule has 11 nitrogen and oxygen atoms in total. The van der Waals surface area contributed by atoms with Crippen LogP contribution in [0.5, 0.6) is 5.75 Å². The Morgan fingerprint density at radius 3 is 2.60 bits per heavy atom. The number of amides is 1. The zero-order chi connectivity index (χ0) is 32.8. The van der Waals surface area contributed by atoms with Crippen LogP contribution < -0.4 is 25.3 Å². The fourth-order valence-corrected chi connectivity index (χ4v) is 6.00. The van der Waals surface area contributed by atoms with Crippen LogP contribution in [0.15, 0.2) is 85.7 Å². The van der Waals surface area contributed by atoms with Crippen LogP contribution in [0.3, 0.4) is 0 Å². The van der Waals surface area contributed by atoms with Crippen molar-refractivity contribution in [1.82, 2.24) is 14.9 Å². The molecule has 3 heterocycles. The number of carbonyl (C=O) groups is 1. The lowest BCUT2D eigenvalue weighted by Gasteiger charge is -2.37. The Morgan fingerprint density at radius 2 is 1.85 bits per heavy atom. The monoisotopic (exact) mass is 639 g/mol. The third-order valence-electron chi connectivity index (χ3n) is 8.37. The maximum absolute atomic E-state index is 13.9. The van der Waals surface area contributed by atoms with Gasteiger partial charge in [-0.2, -0.15) is 0 Å². The maximum atomic E-state index is 13.9. The number of piperazine rings is 1. The average Bonchev–Trinajstić information content (AvgIpc) is 3.60. The summed E-state index contributed by atoms with van der Waals surface area (Å²) in [6.07, 6.45) is 3.44. The molecule has 0 saturated carbocycles. The number of aliphatic hydroxyl groups excluding tert-OH is 1. The summed E-state index contributed by atoms with van der Waals surface area (Å²) in [5.41, 5.74) is 4.77. The van der Waals surface area contributed by atoms with Crippen molar-refractivity contribution in [3.05, 3.63) is 97.1 Å². The quantitative estimate of drug-likeness (QED) is 0.190. The molecule has 4 aromatic rings. The summed E-state index contributed by atoms with van der Waals surface area (Å²) in [6.45, 7) is 7.90. The predicted octanol–water partition coefficient (Wildman–Crippen LogP) is 5.16. The Morgan fingerprint density at radius 1 is 1.06 bits per heavy atom. The first-order valence-corrected chi connectivity index (χ1v) is 15.6. The molecule has 0 spiro atoms. The van der Waals surface area contributed by atoms with Gasteiger partial charge in [0.15, 0.2) is 5.82 Å². The molecule has 47 heavy (non-hydrogen) atoms. The number of methoxy groups -OCH3 is 1. The number of β-amino-alcohol motifs (C(OH)–C–C–N with tert-alkyl or cyclic N) is 1. The van der Waals surface area contributed by atoms with Crippen LogP contribution in [0, 0.1) is 5.82 Å². The summed E-state index contributed by atoms with van der Waals surface area (Å²) in [4.78, 5) is 31.8. The number of benzene rings is 3. The van der Waals surface area contributed by atoms with Gasteiger partial charge in [0.25, 0.3) is 0 Å². The molecule has 1 aromatic heterocycles. The van der Waals surface area contributed by atoms with Crippen molar-refractivity contribution in [2.75, 3.05) is 73.6 Å². The third kappa shape index (κ3) is 7.35. The van der Waals surface area contributed by atoms with Gasteiger partial charge in [-0.3, -0.25) is 14.5 Å². The van der Waals surface area contributed by atoms with E-state index in [1.54, 1.807) is 24.3 Å². The van der Waals surface area contributed by atoms with Crippen LogP contribution in [0.2, 0.25) is 0 Å². The summed E-state index contributed by atoms with van der Waals surface area (Å²) in [5, 5.41) is 17.4. The van der Waals surface area contributed by atoms with Gasteiger partial charge in [0.05, 0.1) is 43.4 Å². The van der Waals surface area contributed by atoms with Gasteiger partial charge in [0.2, 0.25) is 5.91 Å². The number of carbonyl (C=O) groups excluding carboxylic acids is 1. The van der Waals surface area contributed by atoms with Gasteiger partial charge < -0.3 is 25.4 Å². The molecular formula is C35H38FN7O4. The highest BCUT2D eigenvalue weighted by Gasteiger charge is 2.30. The van der Waals surface area contributed by atoms with E-state index in [2.05, 4.69) is 43.0 Å².